The first-order chi connectivity index (χ1) is 15.5. The summed E-state index contributed by atoms with van der Waals surface area (Å²) in [6.45, 7) is 6.13. The van der Waals surface area contributed by atoms with Crippen molar-refractivity contribution in [3.63, 3.8) is 0 Å². The van der Waals surface area contributed by atoms with Crippen LogP contribution in [0.1, 0.15) is 46.8 Å². The van der Waals surface area contributed by atoms with Crippen LogP contribution in [0.2, 0.25) is 0 Å². The van der Waals surface area contributed by atoms with Gasteiger partial charge < -0.3 is 15.6 Å². The Morgan fingerprint density at radius 3 is 2.38 bits per heavy atom. The molecule has 0 saturated carbocycles. The monoisotopic (exact) mass is 433 g/mol. The van der Waals surface area contributed by atoms with Crippen molar-refractivity contribution in [1.82, 2.24) is 10.3 Å². The molecule has 32 heavy (non-hydrogen) atoms. The Hall–Kier alpha value is -3.25. The van der Waals surface area contributed by atoms with Crippen molar-refractivity contribution in [2.24, 2.45) is 0 Å². The molecule has 0 unspecified atom stereocenters. The highest BCUT2D eigenvalue weighted by molar-refractivity contribution is 6.36. The standard InChI is InChI=1S/C26H25F2N3O/c1-14-22(30-15(2)23(14)16-9-11-29-12-10-16)13-18-24-17(5-3-8-21(24)31-26(18)32)25-19(27)6-4-7-20(25)28/h3-8,13,16,29-30H,9-12H2,1-2H3,(H,31,32)/b18-13-. The van der Waals surface area contributed by atoms with Gasteiger partial charge >= 0.3 is 0 Å². The van der Waals surface area contributed by atoms with Crippen molar-refractivity contribution in [1.29, 1.82) is 0 Å². The van der Waals surface area contributed by atoms with Crippen LogP contribution in [-0.2, 0) is 4.79 Å². The number of anilines is 1. The van der Waals surface area contributed by atoms with E-state index in [4.69, 9.17) is 0 Å². The van der Waals surface area contributed by atoms with Gasteiger partial charge in [-0.3, -0.25) is 4.79 Å². The van der Waals surface area contributed by atoms with Gasteiger partial charge in [0.15, 0.2) is 0 Å². The second kappa shape index (κ2) is 8.02. The Morgan fingerprint density at radius 1 is 0.969 bits per heavy atom. The SMILES string of the molecule is Cc1[nH]c(/C=C2\C(=O)Nc3cccc(-c4c(F)cccc4F)c32)c(C)c1C1CCNCC1. The van der Waals surface area contributed by atoms with Gasteiger partial charge in [0.05, 0.1) is 11.1 Å². The third-order valence-corrected chi connectivity index (χ3v) is 6.63. The van der Waals surface area contributed by atoms with Gasteiger partial charge in [-0.05, 0) is 86.7 Å². The van der Waals surface area contributed by atoms with E-state index >= 15 is 0 Å². The molecule has 0 atom stereocenters. The summed E-state index contributed by atoms with van der Waals surface area (Å²) in [5.74, 6) is -1.11. The normalized spacial score (nSPS) is 17.6. The van der Waals surface area contributed by atoms with E-state index < -0.39 is 11.6 Å². The van der Waals surface area contributed by atoms with E-state index in [2.05, 4.69) is 29.5 Å². The lowest BCUT2D eigenvalue weighted by atomic mass is 9.87. The van der Waals surface area contributed by atoms with Crippen LogP contribution in [0.4, 0.5) is 14.5 Å². The van der Waals surface area contributed by atoms with Gasteiger partial charge in [-0.25, -0.2) is 8.78 Å². The average Bonchev–Trinajstić information content (AvgIpc) is 3.24. The summed E-state index contributed by atoms with van der Waals surface area (Å²) in [5.41, 5.74) is 6.12. The van der Waals surface area contributed by atoms with Gasteiger partial charge in [0.25, 0.3) is 5.91 Å². The minimum absolute atomic E-state index is 0.124. The first kappa shape index (κ1) is 20.6. The third-order valence-electron chi connectivity index (χ3n) is 6.63. The highest BCUT2D eigenvalue weighted by Crippen LogP contribution is 2.42. The number of fused-ring (bicyclic) bond motifs is 1. The van der Waals surface area contributed by atoms with Crippen molar-refractivity contribution in [2.75, 3.05) is 18.4 Å². The molecule has 5 rings (SSSR count). The van der Waals surface area contributed by atoms with E-state index in [1.165, 1.54) is 23.8 Å². The highest BCUT2D eigenvalue weighted by Gasteiger charge is 2.30. The van der Waals surface area contributed by atoms with Gasteiger partial charge in [-0.15, -0.1) is 0 Å². The lowest BCUT2D eigenvalue weighted by molar-refractivity contribution is -0.110. The number of carbonyl (C=O) groups excluding carboxylic acids is 1. The summed E-state index contributed by atoms with van der Waals surface area (Å²) in [4.78, 5) is 16.4. The Labute approximate surface area is 185 Å². The maximum Gasteiger partial charge on any atom is 0.256 e. The number of carbonyl (C=O) groups is 1. The van der Waals surface area contributed by atoms with E-state index in [0.717, 1.165) is 42.9 Å². The molecule has 3 aromatic rings. The highest BCUT2D eigenvalue weighted by atomic mass is 19.1. The zero-order valence-electron chi connectivity index (χ0n) is 18.1. The molecule has 3 N–H and O–H groups in total. The molecule has 3 heterocycles. The summed E-state index contributed by atoms with van der Waals surface area (Å²) >= 11 is 0. The second-order valence-electron chi connectivity index (χ2n) is 8.56. The molecule has 164 valence electrons. The molecule has 2 aliphatic rings. The minimum atomic E-state index is -0.655. The van der Waals surface area contributed by atoms with Gasteiger partial charge in [0, 0.05) is 22.6 Å². The fraction of sp³-hybridized carbons (Fsp3) is 0.269. The molecule has 1 aromatic heterocycles. The lowest BCUT2D eigenvalue weighted by Crippen LogP contribution is -2.27. The number of amides is 1. The van der Waals surface area contributed by atoms with Crippen LogP contribution < -0.4 is 10.6 Å². The van der Waals surface area contributed by atoms with Gasteiger partial charge in [-0.1, -0.05) is 18.2 Å². The first-order valence-electron chi connectivity index (χ1n) is 11.0. The molecule has 4 nitrogen and oxygen atoms in total. The van der Waals surface area contributed by atoms with E-state index in [0.29, 0.717) is 28.3 Å². The fourth-order valence-corrected chi connectivity index (χ4v) is 5.15. The summed E-state index contributed by atoms with van der Waals surface area (Å²) < 4.78 is 29.2. The molecule has 0 radical (unpaired) electrons. The molecule has 1 saturated heterocycles. The summed E-state index contributed by atoms with van der Waals surface area (Å²) in [6.07, 6.45) is 3.97. The molecule has 1 amide bonds. The smallest absolute Gasteiger partial charge is 0.256 e. The van der Waals surface area contributed by atoms with E-state index in [-0.39, 0.29) is 11.5 Å². The van der Waals surface area contributed by atoms with Crippen molar-refractivity contribution in [2.45, 2.75) is 32.6 Å². The van der Waals surface area contributed by atoms with E-state index in [1.807, 2.05) is 6.08 Å². The maximum atomic E-state index is 14.6. The number of H-pyrrole nitrogens is 1. The molecular formula is C26H25F2N3O. The van der Waals surface area contributed by atoms with Crippen molar-refractivity contribution >= 4 is 23.2 Å². The zero-order chi connectivity index (χ0) is 22.4. The number of benzene rings is 2. The third kappa shape index (κ3) is 3.35. The molecular weight excluding hydrogens is 408 g/mol. The quantitative estimate of drug-likeness (QED) is 0.475. The van der Waals surface area contributed by atoms with Crippen LogP contribution in [-0.4, -0.2) is 24.0 Å². The second-order valence-corrected chi connectivity index (χ2v) is 8.56. The molecule has 0 bridgehead atoms. The predicted molar refractivity (Wildman–Crippen MR) is 123 cm³/mol. The zero-order valence-corrected chi connectivity index (χ0v) is 18.1. The number of piperidine rings is 1. The largest absolute Gasteiger partial charge is 0.359 e. The van der Waals surface area contributed by atoms with Crippen molar-refractivity contribution < 1.29 is 13.6 Å². The molecule has 0 spiro atoms. The topological polar surface area (TPSA) is 56.9 Å². The van der Waals surface area contributed by atoms with Gasteiger partial charge in [0.2, 0.25) is 0 Å². The van der Waals surface area contributed by atoms with Crippen LogP contribution in [0.3, 0.4) is 0 Å². The number of aromatic nitrogens is 1. The van der Waals surface area contributed by atoms with Crippen LogP contribution >= 0.6 is 0 Å². The minimum Gasteiger partial charge on any atom is -0.359 e. The Kier molecular flexibility index (Phi) is 5.18. The number of aromatic amines is 1. The number of aryl methyl sites for hydroxylation is 1. The molecule has 0 aliphatic carbocycles. The van der Waals surface area contributed by atoms with Crippen LogP contribution in [0.15, 0.2) is 36.4 Å². The number of hydrogen-bond donors (Lipinski definition) is 3. The predicted octanol–water partition coefficient (Wildman–Crippen LogP) is 5.54. The Bertz CT molecular complexity index is 1230. The number of halogens is 2. The van der Waals surface area contributed by atoms with Crippen LogP contribution in [0.25, 0.3) is 22.8 Å². The number of nitrogens with one attached hydrogen (secondary N) is 3. The first-order valence-corrected chi connectivity index (χ1v) is 11.0. The summed E-state index contributed by atoms with van der Waals surface area (Å²) in [7, 11) is 0. The molecule has 2 aliphatic heterocycles. The van der Waals surface area contributed by atoms with Crippen LogP contribution in [0.5, 0.6) is 0 Å². The lowest BCUT2D eigenvalue weighted by Gasteiger charge is -2.23. The van der Waals surface area contributed by atoms with Gasteiger partial charge in [-0.2, -0.15) is 0 Å². The van der Waals surface area contributed by atoms with Gasteiger partial charge in [0.1, 0.15) is 11.6 Å². The van der Waals surface area contributed by atoms with E-state index in [9.17, 15) is 13.6 Å². The van der Waals surface area contributed by atoms with Crippen molar-refractivity contribution in [3.05, 3.63) is 76.1 Å². The maximum absolute atomic E-state index is 14.6. The summed E-state index contributed by atoms with van der Waals surface area (Å²) in [5, 5.41) is 6.25. The molecule has 1 fully saturated rings. The number of hydrogen-bond acceptors (Lipinski definition) is 2. The van der Waals surface area contributed by atoms with Crippen molar-refractivity contribution in [3.8, 4) is 11.1 Å². The Balaban J connectivity index is 1.65. The molecule has 2 aromatic carbocycles. The Morgan fingerprint density at radius 2 is 1.66 bits per heavy atom. The number of rotatable bonds is 3. The molecule has 6 heteroatoms. The van der Waals surface area contributed by atoms with E-state index in [1.54, 1.807) is 18.2 Å². The summed E-state index contributed by atoms with van der Waals surface area (Å²) in [6, 6.07) is 8.91. The average molecular weight is 434 g/mol. The van der Waals surface area contributed by atoms with Crippen LogP contribution in [0, 0.1) is 25.5 Å². The fourth-order valence-electron chi connectivity index (χ4n) is 5.15.